The largest absolute Gasteiger partial charge is 0.497 e. The first-order valence-electron chi connectivity index (χ1n) is 7.22. The highest BCUT2D eigenvalue weighted by atomic mass is 16.5. The van der Waals surface area contributed by atoms with Gasteiger partial charge in [-0.05, 0) is 31.2 Å². The summed E-state index contributed by atoms with van der Waals surface area (Å²) in [5, 5.41) is 3.28. The Kier molecular flexibility index (Phi) is 4.46. The van der Waals surface area contributed by atoms with E-state index in [1.54, 1.807) is 7.11 Å². The molecule has 4 nitrogen and oxygen atoms in total. The summed E-state index contributed by atoms with van der Waals surface area (Å²) in [6.45, 7) is 9.26. The summed E-state index contributed by atoms with van der Waals surface area (Å²) in [6.07, 6.45) is 0. The Balaban J connectivity index is 2.48. The Labute approximate surface area is 126 Å². The maximum Gasteiger partial charge on any atom is 0.136 e. The summed E-state index contributed by atoms with van der Waals surface area (Å²) in [5.41, 5.74) is 1.89. The van der Waals surface area contributed by atoms with Crippen LogP contribution >= 0.6 is 0 Å². The monoisotopic (exact) mass is 285 g/mol. The first kappa shape index (κ1) is 15.3. The summed E-state index contributed by atoms with van der Waals surface area (Å²) >= 11 is 0. The molecule has 0 aliphatic carbocycles. The second-order valence-corrected chi connectivity index (χ2v) is 5.97. The molecule has 0 unspecified atom stereocenters. The topological polar surface area (TPSA) is 47.0 Å². The third-order valence-electron chi connectivity index (χ3n) is 3.14. The van der Waals surface area contributed by atoms with Crippen LogP contribution in [0.25, 0.3) is 11.3 Å². The Morgan fingerprint density at radius 3 is 2.29 bits per heavy atom. The van der Waals surface area contributed by atoms with E-state index in [-0.39, 0.29) is 5.41 Å². The number of hydrogen-bond donors (Lipinski definition) is 1. The van der Waals surface area contributed by atoms with Gasteiger partial charge in [0.1, 0.15) is 17.4 Å². The lowest BCUT2D eigenvalue weighted by Gasteiger charge is -2.19. The average molecular weight is 285 g/mol. The lowest BCUT2D eigenvalue weighted by molar-refractivity contribution is 0.415. The second-order valence-electron chi connectivity index (χ2n) is 5.97. The highest BCUT2D eigenvalue weighted by molar-refractivity contribution is 5.63. The van der Waals surface area contributed by atoms with Crippen LogP contribution in [0.4, 0.5) is 5.82 Å². The molecule has 1 N–H and O–H groups in total. The number of benzene rings is 1. The Morgan fingerprint density at radius 1 is 1.10 bits per heavy atom. The fraction of sp³-hybridized carbons (Fsp3) is 0.412. The highest BCUT2D eigenvalue weighted by Gasteiger charge is 2.19. The first-order valence-corrected chi connectivity index (χ1v) is 7.22. The SMILES string of the molecule is CCNc1cc(-c2ccc(OC)cc2)nc(C(C)(C)C)n1. The molecule has 1 heterocycles. The van der Waals surface area contributed by atoms with Crippen LogP contribution in [-0.4, -0.2) is 23.6 Å². The molecule has 0 saturated heterocycles. The van der Waals surface area contributed by atoms with E-state index < -0.39 is 0 Å². The van der Waals surface area contributed by atoms with Gasteiger partial charge in [0, 0.05) is 23.6 Å². The zero-order valence-electron chi connectivity index (χ0n) is 13.4. The number of methoxy groups -OCH3 is 1. The number of ether oxygens (including phenoxy) is 1. The van der Waals surface area contributed by atoms with Gasteiger partial charge in [0.2, 0.25) is 0 Å². The second kappa shape index (κ2) is 6.12. The molecule has 0 saturated carbocycles. The van der Waals surface area contributed by atoms with Crippen LogP contribution in [0.2, 0.25) is 0 Å². The summed E-state index contributed by atoms with van der Waals surface area (Å²) in [6, 6.07) is 9.91. The minimum absolute atomic E-state index is 0.0906. The lowest BCUT2D eigenvalue weighted by atomic mass is 9.95. The standard InChI is InChI=1S/C17H23N3O/c1-6-18-15-11-14(19-16(20-15)17(2,3)4)12-7-9-13(21-5)10-8-12/h7-11H,6H2,1-5H3,(H,18,19,20). The molecule has 0 aliphatic heterocycles. The van der Waals surface area contributed by atoms with Crippen LogP contribution in [0.5, 0.6) is 5.75 Å². The van der Waals surface area contributed by atoms with Crippen molar-refractivity contribution in [1.29, 1.82) is 0 Å². The summed E-state index contributed by atoms with van der Waals surface area (Å²) in [4.78, 5) is 9.33. The van der Waals surface area contributed by atoms with Gasteiger partial charge in [0.05, 0.1) is 12.8 Å². The van der Waals surface area contributed by atoms with Crippen LogP contribution in [-0.2, 0) is 5.41 Å². The number of aromatic nitrogens is 2. The number of nitrogens with one attached hydrogen (secondary N) is 1. The zero-order valence-corrected chi connectivity index (χ0v) is 13.4. The Hall–Kier alpha value is -2.10. The van der Waals surface area contributed by atoms with E-state index in [2.05, 4.69) is 38.0 Å². The number of hydrogen-bond acceptors (Lipinski definition) is 4. The van der Waals surface area contributed by atoms with E-state index in [0.29, 0.717) is 0 Å². The fourth-order valence-corrected chi connectivity index (χ4v) is 1.96. The van der Waals surface area contributed by atoms with Crippen LogP contribution in [0.15, 0.2) is 30.3 Å². The van der Waals surface area contributed by atoms with Crippen molar-refractivity contribution >= 4 is 5.82 Å². The van der Waals surface area contributed by atoms with Crippen molar-refractivity contribution in [2.24, 2.45) is 0 Å². The number of rotatable bonds is 4. The van der Waals surface area contributed by atoms with E-state index >= 15 is 0 Å². The maximum atomic E-state index is 5.20. The van der Waals surface area contributed by atoms with Gasteiger partial charge in [-0.3, -0.25) is 0 Å². The predicted octanol–water partition coefficient (Wildman–Crippen LogP) is 3.88. The van der Waals surface area contributed by atoms with Gasteiger partial charge in [0.15, 0.2) is 0 Å². The first-order chi connectivity index (χ1) is 9.94. The molecule has 0 bridgehead atoms. The van der Waals surface area contributed by atoms with Crippen LogP contribution in [0.3, 0.4) is 0 Å². The van der Waals surface area contributed by atoms with E-state index in [9.17, 15) is 0 Å². The molecule has 0 radical (unpaired) electrons. The van der Waals surface area contributed by atoms with Gasteiger partial charge >= 0.3 is 0 Å². The van der Waals surface area contributed by atoms with Crippen LogP contribution in [0.1, 0.15) is 33.5 Å². The molecule has 4 heteroatoms. The van der Waals surface area contributed by atoms with Crippen molar-refractivity contribution in [1.82, 2.24) is 9.97 Å². The molecule has 1 aromatic heterocycles. The van der Waals surface area contributed by atoms with Crippen molar-refractivity contribution in [2.45, 2.75) is 33.1 Å². The normalized spacial score (nSPS) is 11.3. The summed E-state index contributed by atoms with van der Waals surface area (Å²) in [5.74, 6) is 2.55. The Bertz CT molecular complexity index is 600. The molecule has 0 atom stereocenters. The van der Waals surface area contributed by atoms with Gasteiger partial charge in [-0.2, -0.15) is 0 Å². The molecule has 1 aromatic carbocycles. The molecule has 0 fully saturated rings. The van der Waals surface area contributed by atoms with Crippen molar-refractivity contribution in [3.05, 3.63) is 36.2 Å². The van der Waals surface area contributed by atoms with E-state index in [1.165, 1.54) is 0 Å². The van der Waals surface area contributed by atoms with Crippen molar-refractivity contribution in [3.63, 3.8) is 0 Å². The van der Waals surface area contributed by atoms with Crippen LogP contribution in [0, 0.1) is 0 Å². The smallest absolute Gasteiger partial charge is 0.136 e. The third kappa shape index (κ3) is 3.72. The van der Waals surface area contributed by atoms with E-state index in [0.717, 1.165) is 35.2 Å². The van der Waals surface area contributed by atoms with Gasteiger partial charge in [-0.1, -0.05) is 20.8 Å². The molecular formula is C17H23N3O. The molecule has 21 heavy (non-hydrogen) atoms. The summed E-state index contributed by atoms with van der Waals surface area (Å²) < 4.78 is 5.20. The van der Waals surface area contributed by atoms with Crippen molar-refractivity contribution < 1.29 is 4.74 Å². The van der Waals surface area contributed by atoms with Crippen LogP contribution < -0.4 is 10.1 Å². The maximum absolute atomic E-state index is 5.20. The highest BCUT2D eigenvalue weighted by Crippen LogP contribution is 2.26. The molecule has 0 spiro atoms. The number of anilines is 1. The molecular weight excluding hydrogens is 262 g/mol. The van der Waals surface area contributed by atoms with Gasteiger partial charge < -0.3 is 10.1 Å². The van der Waals surface area contributed by atoms with E-state index in [4.69, 9.17) is 9.72 Å². The summed E-state index contributed by atoms with van der Waals surface area (Å²) in [7, 11) is 1.67. The number of nitrogens with zero attached hydrogens (tertiary/aromatic N) is 2. The molecule has 0 amide bonds. The molecule has 2 rings (SSSR count). The quantitative estimate of drug-likeness (QED) is 0.926. The fourth-order valence-electron chi connectivity index (χ4n) is 1.96. The Morgan fingerprint density at radius 2 is 1.76 bits per heavy atom. The van der Waals surface area contributed by atoms with Crippen molar-refractivity contribution in [2.75, 3.05) is 19.0 Å². The van der Waals surface area contributed by atoms with Gasteiger partial charge in [-0.25, -0.2) is 9.97 Å². The van der Waals surface area contributed by atoms with E-state index in [1.807, 2.05) is 30.3 Å². The average Bonchev–Trinajstić information content (AvgIpc) is 2.46. The lowest BCUT2D eigenvalue weighted by Crippen LogP contribution is -2.17. The minimum atomic E-state index is -0.0906. The van der Waals surface area contributed by atoms with Gasteiger partial charge in [-0.15, -0.1) is 0 Å². The molecule has 2 aromatic rings. The third-order valence-corrected chi connectivity index (χ3v) is 3.14. The zero-order chi connectivity index (χ0) is 15.5. The van der Waals surface area contributed by atoms with Gasteiger partial charge in [0.25, 0.3) is 0 Å². The minimum Gasteiger partial charge on any atom is -0.497 e. The predicted molar refractivity (Wildman–Crippen MR) is 86.9 cm³/mol. The van der Waals surface area contributed by atoms with Crippen molar-refractivity contribution in [3.8, 4) is 17.0 Å². The molecule has 112 valence electrons. The molecule has 0 aliphatic rings.